The summed E-state index contributed by atoms with van der Waals surface area (Å²) in [5.74, 6) is 0.729. The van der Waals surface area contributed by atoms with Crippen LogP contribution < -0.4 is 10.1 Å². The number of hydrogen-bond acceptors (Lipinski definition) is 5. The standard InChI is InChI=1S/C36H38N2O4S/c1-3-4-5-6-18-42-32-17-16-30-19-26(12-15-31(30)23-32)22-34(39)38(2)24-27-8-7-9-29(20-27)28-13-10-25(11-14-28)21-33-35(40)37-36(41)43-33/h7-17,19-20,23,33H,3-6,18,21-22,24H2,1-2H3,(H,37,40,41). The first kappa shape index (κ1) is 30.4. The van der Waals surface area contributed by atoms with Gasteiger partial charge in [0.15, 0.2) is 0 Å². The Hall–Kier alpha value is -4.10. The van der Waals surface area contributed by atoms with Gasteiger partial charge in [0.2, 0.25) is 11.8 Å². The van der Waals surface area contributed by atoms with E-state index in [9.17, 15) is 14.4 Å². The second kappa shape index (κ2) is 14.4. The van der Waals surface area contributed by atoms with E-state index in [1.807, 2.05) is 55.6 Å². The van der Waals surface area contributed by atoms with Crippen molar-refractivity contribution in [1.82, 2.24) is 10.2 Å². The highest BCUT2D eigenvalue weighted by Crippen LogP contribution is 2.26. The fourth-order valence-corrected chi connectivity index (χ4v) is 6.15. The third-order valence-corrected chi connectivity index (χ3v) is 8.73. The molecular formula is C36H38N2O4S. The third kappa shape index (κ3) is 8.26. The van der Waals surface area contributed by atoms with Crippen molar-refractivity contribution in [3.8, 4) is 16.9 Å². The zero-order valence-electron chi connectivity index (χ0n) is 24.8. The Morgan fingerprint density at radius 2 is 1.60 bits per heavy atom. The predicted octanol–water partition coefficient (Wildman–Crippen LogP) is 7.56. The molecule has 1 fully saturated rings. The first-order valence-electron chi connectivity index (χ1n) is 15.0. The van der Waals surface area contributed by atoms with Gasteiger partial charge in [-0.05, 0) is 69.6 Å². The first-order valence-corrected chi connectivity index (χ1v) is 15.8. The summed E-state index contributed by atoms with van der Waals surface area (Å²) in [6.45, 7) is 3.46. The van der Waals surface area contributed by atoms with E-state index in [1.165, 1.54) is 19.3 Å². The number of hydrogen-bond donors (Lipinski definition) is 1. The summed E-state index contributed by atoms with van der Waals surface area (Å²) in [5.41, 5.74) is 5.17. The minimum atomic E-state index is -0.373. The summed E-state index contributed by atoms with van der Waals surface area (Å²) in [5, 5.41) is 3.90. The first-order chi connectivity index (χ1) is 20.9. The Labute approximate surface area is 257 Å². The molecule has 7 heteroatoms. The summed E-state index contributed by atoms with van der Waals surface area (Å²) in [4.78, 5) is 38.2. The summed E-state index contributed by atoms with van der Waals surface area (Å²) >= 11 is 1.05. The number of carbonyl (C=O) groups is 3. The number of likely N-dealkylation sites (N-methyl/N-ethyl adjacent to an activating group) is 1. The number of amides is 3. The average Bonchev–Trinajstić information content (AvgIpc) is 3.33. The Balaban J connectivity index is 1.15. The molecule has 1 aliphatic heterocycles. The maximum absolute atomic E-state index is 13.1. The van der Waals surface area contributed by atoms with Crippen LogP contribution in [-0.4, -0.2) is 40.9 Å². The molecule has 0 saturated carbocycles. The predicted molar refractivity (Wildman–Crippen MR) is 174 cm³/mol. The van der Waals surface area contributed by atoms with Gasteiger partial charge in [-0.2, -0.15) is 0 Å². The second-order valence-corrected chi connectivity index (χ2v) is 12.3. The molecule has 1 N–H and O–H groups in total. The third-order valence-electron chi connectivity index (χ3n) is 7.75. The molecule has 4 aromatic rings. The summed E-state index contributed by atoms with van der Waals surface area (Å²) in [6.07, 6.45) is 5.59. The SMILES string of the molecule is CCCCCCOc1ccc2cc(CC(=O)N(C)Cc3cccc(-c4ccc(CC5SC(=O)NC5=O)cc4)c3)ccc2c1. The number of nitrogens with one attached hydrogen (secondary N) is 1. The number of benzene rings is 4. The van der Waals surface area contributed by atoms with Crippen LogP contribution in [0, 0.1) is 0 Å². The lowest BCUT2D eigenvalue weighted by Crippen LogP contribution is -2.27. The normalized spacial score (nSPS) is 14.6. The van der Waals surface area contributed by atoms with E-state index in [-0.39, 0.29) is 22.3 Å². The topological polar surface area (TPSA) is 75.7 Å². The largest absolute Gasteiger partial charge is 0.494 e. The molecule has 4 aromatic carbocycles. The molecule has 1 heterocycles. The van der Waals surface area contributed by atoms with Crippen molar-refractivity contribution in [1.29, 1.82) is 0 Å². The Morgan fingerprint density at radius 1 is 0.837 bits per heavy atom. The molecule has 6 nitrogen and oxygen atoms in total. The van der Waals surface area contributed by atoms with Gasteiger partial charge < -0.3 is 9.64 Å². The van der Waals surface area contributed by atoms with E-state index in [4.69, 9.17) is 4.74 Å². The van der Waals surface area contributed by atoms with Crippen molar-refractivity contribution in [3.63, 3.8) is 0 Å². The quantitative estimate of drug-likeness (QED) is 0.162. The number of unbranched alkanes of at least 4 members (excludes halogenated alkanes) is 3. The molecule has 1 atom stereocenters. The van der Waals surface area contributed by atoms with Crippen LogP contribution in [0.5, 0.6) is 5.75 Å². The van der Waals surface area contributed by atoms with Gasteiger partial charge in [-0.3, -0.25) is 19.7 Å². The van der Waals surface area contributed by atoms with E-state index >= 15 is 0 Å². The smallest absolute Gasteiger partial charge is 0.286 e. The van der Waals surface area contributed by atoms with Crippen molar-refractivity contribution in [2.75, 3.05) is 13.7 Å². The van der Waals surface area contributed by atoms with Gasteiger partial charge in [0.1, 0.15) is 5.75 Å². The number of rotatable bonds is 13. The molecule has 5 rings (SSSR count). The van der Waals surface area contributed by atoms with Gasteiger partial charge >= 0.3 is 0 Å². The molecule has 0 spiro atoms. The fourth-order valence-electron chi connectivity index (χ4n) is 5.29. The molecule has 0 aromatic heterocycles. The summed E-state index contributed by atoms with van der Waals surface area (Å²) in [6, 6.07) is 28.6. The number of imide groups is 1. The van der Waals surface area contributed by atoms with E-state index in [2.05, 4.69) is 48.6 Å². The molecular weight excluding hydrogens is 556 g/mol. The molecule has 1 aliphatic rings. The maximum Gasteiger partial charge on any atom is 0.286 e. The number of thioether (sulfide) groups is 1. The highest BCUT2D eigenvalue weighted by atomic mass is 32.2. The zero-order chi connectivity index (χ0) is 30.2. The van der Waals surface area contributed by atoms with E-state index in [0.29, 0.717) is 19.4 Å². The van der Waals surface area contributed by atoms with Crippen molar-refractivity contribution < 1.29 is 19.1 Å². The maximum atomic E-state index is 13.1. The Morgan fingerprint density at radius 3 is 2.37 bits per heavy atom. The number of fused-ring (bicyclic) bond motifs is 1. The van der Waals surface area contributed by atoms with Crippen LogP contribution in [0.1, 0.15) is 49.3 Å². The van der Waals surface area contributed by atoms with Crippen LogP contribution in [-0.2, 0) is 29.0 Å². The van der Waals surface area contributed by atoms with E-state index < -0.39 is 0 Å². The van der Waals surface area contributed by atoms with E-state index in [1.54, 1.807) is 4.90 Å². The fraction of sp³-hybridized carbons (Fsp3) is 0.306. The lowest BCUT2D eigenvalue weighted by Gasteiger charge is -2.18. The molecule has 0 bridgehead atoms. The Bertz CT molecular complexity index is 1600. The van der Waals surface area contributed by atoms with Crippen molar-refractivity contribution in [3.05, 3.63) is 102 Å². The van der Waals surface area contributed by atoms with Crippen LogP contribution in [0.15, 0.2) is 84.9 Å². The van der Waals surface area contributed by atoms with Crippen molar-refractivity contribution in [2.45, 2.75) is 57.2 Å². The molecule has 222 valence electrons. The van der Waals surface area contributed by atoms with Crippen LogP contribution in [0.2, 0.25) is 0 Å². The highest BCUT2D eigenvalue weighted by Gasteiger charge is 2.31. The Kier molecular flexibility index (Phi) is 10.2. The minimum Gasteiger partial charge on any atom is -0.494 e. The monoisotopic (exact) mass is 594 g/mol. The van der Waals surface area contributed by atoms with Crippen LogP contribution in [0.3, 0.4) is 0 Å². The highest BCUT2D eigenvalue weighted by molar-refractivity contribution is 8.15. The lowest BCUT2D eigenvalue weighted by atomic mass is 10.00. The molecule has 43 heavy (non-hydrogen) atoms. The van der Waals surface area contributed by atoms with E-state index in [0.717, 1.165) is 69.1 Å². The van der Waals surface area contributed by atoms with Crippen LogP contribution >= 0.6 is 11.8 Å². The molecule has 1 saturated heterocycles. The zero-order valence-corrected chi connectivity index (χ0v) is 25.6. The van der Waals surface area contributed by atoms with Gasteiger partial charge in [-0.25, -0.2) is 0 Å². The number of nitrogens with zero attached hydrogens (tertiary/aromatic N) is 1. The van der Waals surface area contributed by atoms with Crippen molar-refractivity contribution >= 4 is 39.6 Å². The number of ether oxygens (including phenoxy) is 1. The lowest BCUT2D eigenvalue weighted by molar-refractivity contribution is -0.129. The van der Waals surface area contributed by atoms with Gasteiger partial charge in [-0.15, -0.1) is 0 Å². The van der Waals surface area contributed by atoms with Crippen LogP contribution in [0.4, 0.5) is 4.79 Å². The minimum absolute atomic E-state index is 0.0634. The van der Waals surface area contributed by atoms with Gasteiger partial charge in [0.05, 0.1) is 18.3 Å². The molecule has 3 amide bonds. The molecule has 0 aliphatic carbocycles. The molecule has 1 unspecified atom stereocenters. The summed E-state index contributed by atoms with van der Waals surface area (Å²) in [7, 11) is 1.84. The van der Waals surface area contributed by atoms with Crippen molar-refractivity contribution in [2.24, 2.45) is 0 Å². The average molecular weight is 595 g/mol. The van der Waals surface area contributed by atoms with Gasteiger partial charge in [-0.1, -0.05) is 105 Å². The second-order valence-electron chi connectivity index (χ2n) is 11.2. The van der Waals surface area contributed by atoms with Gasteiger partial charge in [0, 0.05) is 13.6 Å². The summed E-state index contributed by atoms with van der Waals surface area (Å²) < 4.78 is 5.93. The van der Waals surface area contributed by atoms with Crippen LogP contribution in [0.25, 0.3) is 21.9 Å². The van der Waals surface area contributed by atoms with Gasteiger partial charge in [0.25, 0.3) is 5.24 Å². The molecule has 0 radical (unpaired) electrons. The number of carbonyl (C=O) groups excluding carboxylic acids is 3.